The number of methoxy groups -OCH3 is 1. The molecule has 4 heteroatoms. The zero-order valence-electron chi connectivity index (χ0n) is 14.2. The number of hydrogen-bond acceptors (Lipinski definition) is 3. The third-order valence-corrected chi connectivity index (χ3v) is 4.30. The Morgan fingerprint density at radius 1 is 1.36 bits per heavy atom. The van der Waals surface area contributed by atoms with Crippen LogP contribution in [0.3, 0.4) is 0 Å². The summed E-state index contributed by atoms with van der Waals surface area (Å²) in [5.41, 5.74) is 2.37. The largest absolute Gasteiger partial charge is 0.496 e. The molecule has 0 saturated carbocycles. The molecule has 22 heavy (non-hydrogen) atoms. The van der Waals surface area contributed by atoms with Crippen molar-refractivity contribution < 1.29 is 9.53 Å². The van der Waals surface area contributed by atoms with Crippen LogP contribution in [-0.4, -0.2) is 32.1 Å². The minimum Gasteiger partial charge on any atom is -0.496 e. The summed E-state index contributed by atoms with van der Waals surface area (Å²) in [7, 11) is 1.71. The number of piperidine rings is 1. The molecule has 1 aliphatic rings. The predicted octanol–water partition coefficient (Wildman–Crippen LogP) is 3.13. The van der Waals surface area contributed by atoms with Gasteiger partial charge >= 0.3 is 0 Å². The van der Waals surface area contributed by atoms with Crippen molar-refractivity contribution in [3.63, 3.8) is 0 Å². The number of aryl methyl sites for hydroxylation is 1. The normalized spacial score (nSPS) is 16.0. The van der Waals surface area contributed by atoms with Crippen molar-refractivity contribution in [3.8, 4) is 5.75 Å². The van der Waals surface area contributed by atoms with Crippen molar-refractivity contribution in [2.45, 2.75) is 46.1 Å². The van der Waals surface area contributed by atoms with E-state index in [0.717, 1.165) is 37.2 Å². The highest BCUT2D eigenvalue weighted by Crippen LogP contribution is 2.29. The van der Waals surface area contributed by atoms with E-state index < -0.39 is 0 Å². The maximum Gasteiger partial charge on any atom is 0.220 e. The molecule has 0 aromatic heterocycles. The van der Waals surface area contributed by atoms with Crippen molar-refractivity contribution >= 4 is 11.6 Å². The summed E-state index contributed by atoms with van der Waals surface area (Å²) in [4.78, 5) is 14.2. The van der Waals surface area contributed by atoms with Gasteiger partial charge in [0.1, 0.15) is 5.75 Å². The molecular weight excluding hydrogens is 276 g/mol. The Morgan fingerprint density at radius 2 is 2.05 bits per heavy atom. The lowest BCUT2D eigenvalue weighted by atomic mass is 9.92. The van der Waals surface area contributed by atoms with Crippen LogP contribution in [0.1, 0.15) is 38.7 Å². The van der Waals surface area contributed by atoms with Crippen LogP contribution in [0.5, 0.6) is 5.75 Å². The van der Waals surface area contributed by atoms with Crippen LogP contribution in [0, 0.1) is 12.8 Å². The first-order chi connectivity index (χ1) is 10.5. The van der Waals surface area contributed by atoms with Crippen molar-refractivity contribution in [2.75, 3.05) is 25.1 Å². The molecular formula is C18H28N2O2. The lowest BCUT2D eigenvalue weighted by Crippen LogP contribution is -2.37. The van der Waals surface area contributed by atoms with Gasteiger partial charge in [-0.1, -0.05) is 6.07 Å². The third-order valence-electron chi connectivity index (χ3n) is 4.30. The number of rotatable bonds is 5. The van der Waals surface area contributed by atoms with Crippen molar-refractivity contribution in [2.24, 2.45) is 5.92 Å². The topological polar surface area (TPSA) is 41.6 Å². The van der Waals surface area contributed by atoms with Crippen LogP contribution in [0.2, 0.25) is 0 Å². The summed E-state index contributed by atoms with van der Waals surface area (Å²) in [6.07, 6.45) is 2.80. The van der Waals surface area contributed by atoms with Crippen molar-refractivity contribution in [1.29, 1.82) is 0 Å². The molecule has 122 valence electrons. The maximum absolute atomic E-state index is 11.9. The SMILES string of the molecule is COc1cc(N2CCC(CC(=O)NC(C)C)CC2)ccc1C. The minimum absolute atomic E-state index is 0.186. The van der Waals surface area contributed by atoms with E-state index in [1.165, 1.54) is 5.69 Å². The summed E-state index contributed by atoms with van der Waals surface area (Å²) in [6.45, 7) is 8.08. The van der Waals surface area contributed by atoms with Gasteiger partial charge in [-0.25, -0.2) is 0 Å². The molecule has 1 fully saturated rings. The van der Waals surface area contributed by atoms with Gasteiger partial charge in [-0.2, -0.15) is 0 Å². The van der Waals surface area contributed by atoms with Gasteiger partial charge < -0.3 is 15.0 Å². The Morgan fingerprint density at radius 3 is 2.64 bits per heavy atom. The number of anilines is 1. The molecule has 1 aliphatic heterocycles. The number of hydrogen-bond donors (Lipinski definition) is 1. The van der Waals surface area contributed by atoms with Gasteiger partial charge in [0.15, 0.2) is 0 Å². The Bertz CT molecular complexity index is 506. The molecule has 1 saturated heterocycles. The quantitative estimate of drug-likeness (QED) is 0.908. The van der Waals surface area contributed by atoms with Crippen LogP contribution < -0.4 is 15.0 Å². The number of amides is 1. The van der Waals surface area contributed by atoms with E-state index in [1.807, 2.05) is 13.8 Å². The van der Waals surface area contributed by atoms with E-state index in [9.17, 15) is 4.79 Å². The molecule has 1 aromatic rings. The summed E-state index contributed by atoms with van der Waals surface area (Å²) in [6, 6.07) is 6.61. The Hall–Kier alpha value is -1.71. The summed E-state index contributed by atoms with van der Waals surface area (Å²) < 4.78 is 5.41. The number of carbonyl (C=O) groups excluding carboxylic acids is 1. The first kappa shape index (κ1) is 16.7. The van der Waals surface area contributed by atoms with Crippen LogP contribution in [0.4, 0.5) is 5.69 Å². The predicted molar refractivity (Wildman–Crippen MR) is 90.6 cm³/mol. The Kier molecular flexibility index (Phi) is 5.69. The van der Waals surface area contributed by atoms with Crippen molar-refractivity contribution in [3.05, 3.63) is 23.8 Å². The van der Waals surface area contributed by atoms with Crippen LogP contribution >= 0.6 is 0 Å². The van der Waals surface area contributed by atoms with Gasteiger partial charge in [-0.3, -0.25) is 4.79 Å². The lowest BCUT2D eigenvalue weighted by molar-refractivity contribution is -0.122. The second-order valence-corrected chi connectivity index (χ2v) is 6.51. The number of carbonyl (C=O) groups is 1. The van der Waals surface area contributed by atoms with E-state index in [1.54, 1.807) is 7.11 Å². The molecule has 0 atom stereocenters. The van der Waals surface area contributed by atoms with E-state index in [-0.39, 0.29) is 11.9 Å². The molecule has 0 radical (unpaired) electrons. The van der Waals surface area contributed by atoms with Crippen LogP contribution in [0.25, 0.3) is 0 Å². The molecule has 0 bridgehead atoms. The molecule has 4 nitrogen and oxygen atoms in total. The lowest BCUT2D eigenvalue weighted by Gasteiger charge is -2.33. The minimum atomic E-state index is 0.186. The number of benzene rings is 1. The summed E-state index contributed by atoms with van der Waals surface area (Å²) >= 11 is 0. The standard InChI is InChI=1S/C18H28N2O2/c1-13(2)19-18(21)11-15-7-9-20(10-8-15)16-6-5-14(3)17(12-16)22-4/h5-6,12-13,15H,7-11H2,1-4H3,(H,19,21). The molecule has 1 aromatic carbocycles. The molecule has 0 unspecified atom stereocenters. The fourth-order valence-corrected chi connectivity index (χ4v) is 3.04. The van der Waals surface area contributed by atoms with E-state index in [4.69, 9.17) is 4.74 Å². The Labute approximate surface area is 133 Å². The van der Waals surface area contributed by atoms with Gasteiger partial charge in [-0.15, -0.1) is 0 Å². The zero-order chi connectivity index (χ0) is 16.1. The monoisotopic (exact) mass is 304 g/mol. The van der Waals surface area contributed by atoms with Crippen molar-refractivity contribution in [1.82, 2.24) is 5.32 Å². The van der Waals surface area contributed by atoms with Gasteiger partial charge in [0.25, 0.3) is 0 Å². The van der Waals surface area contributed by atoms with E-state index >= 15 is 0 Å². The Balaban J connectivity index is 1.88. The first-order valence-electron chi connectivity index (χ1n) is 8.18. The third kappa shape index (κ3) is 4.39. The van der Waals surface area contributed by atoms with Gasteiger partial charge in [0.2, 0.25) is 5.91 Å². The molecule has 1 amide bonds. The fourth-order valence-electron chi connectivity index (χ4n) is 3.04. The van der Waals surface area contributed by atoms with Crippen LogP contribution in [0.15, 0.2) is 18.2 Å². The average Bonchev–Trinajstić information content (AvgIpc) is 2.48. The smallest absolute Gasteiger partial charge is 0.220 e. The molecule has 2 rings (SSSR count). The highest BCUT2D eigenvalue weighted by Gasteiger charge is 2.22. The van der Waals surface area contributed by atoms with Gasteiger partial charge in [0, 0.05) is 37.3 Å². The van der Waals surface area contributed by atoms with Gasteiger partial charge in [0.05, 0.1) is 7.11 Å². The number of nitrogens with zero attached hydrogens (tertiary/aromatic N) is 1. The fraction of sp³-hybridized carbons (Fsp3) is 0.611. The van der Waals surface area contributed by atoms with Gasteiger partial charge in [-0.05, 0) is 51.2 Å². The number of nitrogens with one attached hydrogen (secondary N) is 1. The zero-order valence-corrected chi connectivity index (χ0v) is 14.2. The van der Waals surface area contributed by atoms with E-state index in [0.29, 0.717) is 12.3 Å². The summed E-state index contributed by atoms with van der Waals surface area (Å²) in [5, 5.41) is 2.99. The molecule has 1 heterocycles. The molecule has 1 N–H and O–H groups in total. The second-order valence-electron chi connectivity index (χ2n) is 6.51. The molecule has 0 aliphatic carbocycles. The second kappa shape index (κ2) is 7.52. The summed E-state index contributed by atoms with van der Waals surface area (Å²) in [5.74, 6) is 1.63. The van der Waals surface area contributed by atoms with E-state index in [2.05, 4.69) is 35.3 Å². The highest BCUT2D eigenvalue weighted by molar-refractivity contribution is 5.76. The number of ether oxygens (including phenoxy) is 1. The van der Waals surface area contributed by atoms with Crippen LogP contribution in [-0.2, 0) is 4.79 Å². The average molecular weight is 304 g/mol. The highest BCUT2D eigenvalue weighted by atomic mass is 16.5. The molecule has 0 spiro atoms. The maximum atomic E-state index is 11.9. The first-order valence-corrected chi connectivity index (χ1v) is 8.18.